The zero-order chi connectivity index (χ0) is 25.4. The highest BCUT2D eigenvalue weighted by molar-refractivity contribution is 5.70. The molecule has 3 N–H and O–H groups in total. The van der Waals surface area contributed by atoms with Gasteiger partial charge in [0.05, 0.1) is 18.4 Å². The van der Waals surface area contributed by atoms with Crippen molar-refractivity contribution in [2.45, 2.75) is 69.2 Å². The Balaban J connectivity index is 1.37. The summed E-state index contributed by atoms with van der Waals surface area (Å²) in [5.41, 5.74) is 2.08. The molecule has 2 fully saturated rings. The molecule has 7 nitrogen and oxygen atoms in total. The van der Waals surface area contributed by atoms with Crippen molar-refractivity contribution in [3.63, 3.8) is 0 Å². The predicted molar refractivity (Wildman–Crippen MR) is 142 cm³/mol. The lowest BCUT2D eigenvalue weighted by Crippen LogP contribution is -2.44. The number of benzene rings is 1. The summed E-state index contributed by atoms with van der Waals surface area (Å²) in [7, 11) is 3.49. The summed E-state index contributed by atoms with van der Waals surface area (Å²) in [6, 6.07) is 10.9. The molecule has 1 saturated heterocycles. The minimum absolute atomic E-state index is 0.233. The summed E-state index contributed by atoms with van der Waals surface area (Å²) in [6.07, 6.45) is 7.34. The van der Waals surface area contributed by atoms with E-state index in [0.717, 1.165) is 62.2 Å². The Bertz CT molecular complexity index is 962. The van der Waals surface area contributed by atoms with E-state index < -0.39 is 0 Å². The molecule has 1 aromatic carbocycles. The number of hydrogen-bond acceptors (Lipinski definition) is 7. The number of hydrogen-bond donors (Lipinski definition) is 3. The Morgan fingerprint density at radius 1 is 1.11 bits per heavy atom. The maximum absolute atomic E-state index is 14.8. The van der Waals surface area contributed by atoms with E-state index in [-0.39, 0.29) is 11.4 Å². The lowest BCUT2D eigenvalue weighted by atomic mass is 9.90. The average molecular weight is 501 g/mol. The normalized spacial score (nSPS) is 22.7. The molecule has 2 aliphatic rings. The maximum atomic E-state index is 14.8. The largest absolute Gasteiger partial charge is 0.383 e. The molecule has 0 spiro atoms. The van der Waals surface area contributed by atoms with Gasteiger partial charge < -0.3 is 30.2 Å². The number of nitrogens with one attached hydrogen (secondary N) is 3. The second-order valence-corrected chi connectivity index (χ2v) is 10.2. The van der Waals surface area contributed by atoms with Crippen LogP contribution in [0.3, 0.4) is 0 Å². The number of aromatic nitrogens is 1. The first-order valence-corrected chi connectivity index (χ1v) is 13.1. The molecular formula is C28H41FN4O3. The fourth-order valence-electron chi connectivity index (χ4n) is 5.31. The molecule has 2 heterocycles. The van der Waals surface area contributed by atoms with Gasteiger partial charge in [0.2, 0.25) is 0 Å². The molecule has 1 aliphatic carbocycles. The summed E-state index contributed by atoms with van der Waals surface area (Å²) >= 11 is 0. The van der Waals surface area contributed by atoms with Crippen LogP contribution in [-0.2, 0) is 14.2 Å². The molecule has 198 valence electrons. The van der Waals surface area contributed by atoms with Crippen molar-refractivity contribution >= 4 is 11.5 Å². The molecule has 0 bridgehead atoms. The van der Waals surface area contributed by atoms with Crippen molar-refractivity contribution in [3.8, 4) is 11.1 Å². The van der Waals surface area contributed by atoms with Crippen LogP contribution in [0.4, 0.5) is 15.9 Å². The van der Waals surface area contributed by atoms with Gasteiger partial charge in [-0.25, -0.2) is 9.37 Å². The van der Waals surface area contributed by atoms with Crippen molar-refractivity contribution in [1.82, 2.24) is 10.3 Å². The first kappa shape index (κ1) is 26.8. The summed E-state index contributed by atoms with van der Waals surface area (Å²) in [5.74, 6) is 0.394. The third-order valence-electron chi connectivity index (χ3n) is 7.50. The highest BCUT2D eigenvalue weighted by Crippen LogP contribution is 2.30. The molecule has 1 saturated carbocycles. The number of pyridine rings is 1. The lowest BCUT2D eigenvalue weighted by Gasteiger charge is -2.36. The Labute approximate surface area is 214 Å². The maximum Gasteiger partial charge on any atom is 0.149 e. The summed E-state index contributed by atoms with van der Waals surface area (Å²) in [6.45, 7) is 4.98. The Morgan fingerprint density at radius 2 is 1.86 bits per heavy atom. The Morgan fingerprint density at radius 3 is 2.58 bits per heavy atom. The van der Waals surface area contributed by atoms with Gasteiger partial charge in [-0.2, -0.15) is 0 Å². The van der Waals surface area contributed by atoms with E-state index >= 15 is 0 Å². The standard InChI is InChI=1S/C28H41FN4O3/c1-20(18-34-2)32-22-7-9-23(10-8-22)33-27-16-25(26(29)17-30-27)21-5-4-6-24(15-21)31-19-28(35-3)11-13-36-14-12-28/h4-6,15-17,20,22-23,31-32H,7-14,18-19H2,1-3H3,(H,30,33)/t20-,22?,23?/m0/s1. The second kappa shape index (κ2) is 12.8. The summed E-state index contributed by atoms with van der Waals surface area (Å²) < 4.78 is 31.4. The van der Waals surface area contributed by atoms with Gasteiger partial charge in [0.1, 0.15) is 11.6 Å². The molecule has 0 amide bonds. The van der Waals surface area contributed by atoms with Crippen molar-refractivity contribution in [1.29, 1.82) is 0 Å². The van der Waals surface area contributed by atoms with E-state index in [1.54, 1.807) is 14.2 Å². The fourth-order valence-corrected chi connectivity index (χ4v) is 5.31. The van der Waals surface area contributed by atoms with Gasteiger partial charge in [-0.15, -0.1) is 0 Å². The van der Waals surface area contributed by atoms with Crippen LogP contribution in [0, 0.1) is 5.82 Å². The van der Waals surface area contributed by atoms with Crippen molar-refractivity contribution in [2.75, 3.05) is 51.2 Å². The third kappa shape index (κ3) is 7.16. The highest BCUT2D eigenvalue weighted by Gasteiger charge is 2.32. The van der Waals surface area contributed by atoms with Crippen LogP contribution >= 0.6 is 0 Å². The molecule has 1 aliphatic heterocycles. The minimum Gasteiger partial charge on any atom is -0.383 e. The van der Waals surface area contributed by atoms with Crippen LogP contribution in [0.2, 0.25) is 0 Å². The molecule has 0 unspecified atom stereocenters. The van der Waals surface area contributed by atoms with E-state index in [9.17, 15) is 4.39 Å². The van der Waals surface area contributed by atoms with Gasteiger partial charge in [-0.05, 0) is 56.4 Å². The Hall–Kier alpha value is -2.26. The van der Waals surface area contributed by atoms with Gasteiger partial charge in [0, 0.05) is 76.2 Å². The highest BCUT2D eigenvalue weighted by atomic mass is 19.1. The number of halogens is 1. The van der Waals surface area contributed by atoms with Crippen LogP contribution in [0.25, 0.3) is 11.1 Å². The minimum atomic E-state index is -0.324. The number of ether oxygens (including phenoxy) is 3. The third-order valence-corrected chi connectivity index (χ3v) is 7.50. The number of nitrogens with zero attached hydrogens (tertiary/aromatic N) is 1. The summed E-state index contributed by atoms with van der Waals surface area (Å²) in [4.78, 5) is 4.33. The van der Waals surface area contributed by atoms with E-state index in [1.165, 1.54) is 6.20 Å². The van der Waals surface area contributed by atoms with Gasteiger partial charge in [-0.3, -0.25) is 0 Å². The van der Waals surface area contributed by atoms with Gasteiger partial charge in [0.25, 0.3) is 0 Å². The van der Waals surface area contributed by atoms with E-state index in [4.69, 9.17) is 14.2 Å². The van der Waals surface area contributed by atoms with E-state index in [1.807, 2.05) is 30.3 Å². The second-order valence-electron chi connectivity index (χ2n) is 10.2. The van der Waals surface area contributed by atoms with Gasteiger partial charge in [-0.1, -0.05) is 12.1 Å². The molecule has 1 aromatic heterocycles. The predicted octanol–water partition coefficient (Wildman–Crippen LogP) is 4.84. The molecule has 0 radical (unpaired) electrons. The molecule has 36 heavy (non-hydrogen) atoms. The van der Waals surface area contributed by atoms with Crippen LogP contribution < -0.4 is 16.0 Å². The molecule has 4 rings (SSSR count). The van der Waals surface area contributed by atoms with Crippen LogP contribution in [0.1, 0.15) is 45.4 Å². The first-order chi connectivity index (χ1) is 17.5. The van der Waals surface area contributed by atoms with Crippen molar-refractivity contribution in [2.24, 2.45) is 0 Å². The zero-order valence-electron chi connectivity index (χ0n) is 21.8. The summed E-state index contributed by atoms with van der Waals surface area (Å²) in [5, 5.41) is 10.7. The van der Waals surface area contributed by atoms with E-state index in [2.05, 4.69) is 27.9 Å². The van der Waals surface area contributed by atoms with E-state index in [0.29, 0.717) is 43.4 Å². The molecule has 8 heteroatoms. The zero-order valence-corrected chi connectivity index (χ0v) is 21.8. The monoisotopic (exact) mass is 500 g/mol. The van der Waals surface area contributed by atoms with Gasteiger partial charge >= 0.3 is 0 Å². The molecular weight excluding hydrogens is 459 g/mol. The number of rotatable bonds is 11. The number of methoxy groups -OCH3 is 2. The number of anilines is 2. The van der Waals surface area contributed by atoms with Crippen molar-refractivity contribution < 1.29 is 18.6 Å². The first-order valence-electron chi connectivity index (χ1n) is 13.1. The van der Waals surface area contributed by atoms with Gasteiger partial charge in [0.15, 0.2) is 0 Å². The topological polar surface area (TPSA) is 76.7 Å². The molecule has 2 aromatic rings. The molecule has 1 atom stereocenters. The van der Waals surface area contributed by atoms with Crippen LogP contribution in [-0.4, -0.2) is 69.3 Å². The lowest BCUT2D eigenvalue weighted by molar-refractivity contribution is -0.0807. The SMILES string of the molecule is COC[C@H](C)NC1CCC(Nc2cc(-c3cccc(NCC4(OC)CCOCC4)c3)c(F)cn2)CC1. The Kier molecular flexibility index (Phi) is 9.53. The van der Waals surface area contributed by atoms with Crippen molar-refractivity contribution in [3.05, 3.63) is 42.3 Å². The fraction of sp³-hybridized carbons (Fsp3) is 0.607. The van der Waals surface area contributed by atoms with Crippen LogP contribution in [0.15, 0.2) is 36.5 Å². The quantitative estimate of drug-likeness (QED) is 0.407. The average Bonchev–Trinajstić information content (AvgIpc) is 2.90. The smallest absolute Gasteiger partial charge is 0.149 e. The van der Waals surface area contributed by atoms with Crippen LogP contribution in [0.5, 0.6) is 0 Å².